The average Bonchev–Trinajstić information content (AvgIpc) is 2.58. The van der Waals surface area contributed by atoms with Gasteiger partial charge in [0.1, 0.15) is 0 Å². The first-order chi connectivity index (χ1) is 8.06. The highest BCUT2D eigenvalue weighted by Crippen LogP contribution is 2.14. The molecular formula is C13H20N4. The molecule has 2 aromatic rings. The van der Waals surface area contributed by atoms with Crippen LogP contribution in [-0.4, -0.2) is 34.1 Å². The first-order valence-electron chi connectivity index (χ1n) is 5.90. The van der Waals surface area contributed by atoms with Crippen molar-refractivity contribution in [1.29, 1.82) is 0 Å². The van der Waals surface area contributed by atoms with Crippen molar-refractivity contribution in [3.05, 3.63) is 30.1 Å². The molecule has 92 valence electrons. The first kappa shape index (κ1) is 12.1. The van der Waals surface area contributed by atoms with Crippen molar-refractivity contribution < 1.29 is 0 Å². The lowest BCUT2D eigenvalue weighted by molar-refractivity contribution is 0.310. The van der Waals surface area contributed by atoms with E-state index in [4.69, 9.17) is 5.73 Å². The van der Waals surface area contributed by atoms with Crippen LogP contribution in [0.1, 0.15) is 12.5 Å². The Kier molecular flexibility index (Phi) is 3.45. The minimum absolute atomic E-state index is 0.207. The van der Waals surface area contributed by atoms with E-state index in [2.05, 4.69) is 35.1 Å². The molecule has 2 N–H and O–H groups in total. The number of hydrogen-bond acceptors (Lipinski definition) is 3. The third-order valence-corrected chi connectivity index (χ3v) is 2.84. The zero-order valence-corrected chi connectivity index (χ0v) is 10.7. The molecule has 1 atom stereocenters. The summed E-state index contributed by atoms with van der Waals surface area (Å²) in [5, 5.41) is 0. The van der Waals surface area contributed by atoms with Crippen LogP contribution in [0.5, 0.6) is 0 Å². The van der Waals surface area contributed by atoms with Crippen molar-refractivity contribution in [3.8, 4) is 0 Å². The molecule has 0 saturated heterocycles. The van der Waals surface area contributed by atoms with Gasteiger partial charge < -0.3 is 15.2 Å². The largest absolute Gasteiger partial charge is 0.334 e. The predicted octanol–water partition coefficient (Wildman–Crippen LogP) is 1.35. The SMILES string of the molecule is CC(N)CN(C)Cc1ccc2c(c1)ncn2C. The fourth-order valence-electron chi connectivity index (χ4n) is 2.15. The van der Waals surface area contributed by atoms with Crippen molar-refractivity contribution in [2.45, 2.75) is 19.5 Å². The number of aryl methyl sites for hydroxylation is 1. The third kappa shape index (κ3) is 2.84. The maximum absolute atomic E-state index is 5.78. The summed E-state index contributed by atoms with van der Waals surface area (Å²) in [5.74, 6) is 0. The van der Waals surface area contributed by atoms with Crippen LogP contribution < -0.4 is 5.73 Å². The molecule has 4 heteroatoms. The van der Waals surface area contributed by atoms with Gasteiger partial charge in [-0.05, 0) is 31.7 Å². The quantitative estimate of drug-likeness (QED) is 0.865. The summed E-state index contributed by atoms with van der Waals surface area (Å²) in [6, 6.07) is 6.63. The smallest absolute Gasteiger partial charge is 0.0955 e. The highest BCUT2D eigenvalue weighted by Gasteiger charge is 2.05. The van der Waals surface area contributed by atoms with Gasteiger partial charge in [-0.3, -0.25) is 0 Å². The van der Waals surface area contributed by atoms with E-state index in [0.29, 0.717) is 0 Å². The molecule has 0 amide bonds. The summed E-state index contributed by atoms with van der Waals surface area (Å²) in [6.45, 7) is 3.84. The second-order valence-corrected chi connectivity index (χ2v) is 4.85. The molecule has 4 nitrogen and oxygen atoms in total. The van der Waals surface area contributed by atoms with Crippen molar-refractivity contribution >= 4 is 11.0 Å². The summed E-state index contributed by atoms with van der Waals surface area (Å²) >= 11 is 0. The third-order valence-electron chi connectivity index (χ3n) is 2.84. The average molecular weight is 232 g/mol. The summed E-state index contributed by atoms with van der Waals surface area (Å²) in [7, 11) is 4.10. The molecule has 2 rings (SSSR count). The number of rotatable bonds is 4. The van der Waals surface area contributed by atoms with Gasteiger partial charge in [0.25, 0.3) is 0 Å². The van der Waals surface area contributed by atoms with Crippen LogP contribution in [0.3, 0.4) is 0 Å². The maximum Gasteiger partial charge on any atom is 0.0955 e. The highest BCUT2D eigenvalue weighted by atomic mass is 15.1. The molecular weight excluding hydrogens is 212 g/mol. The lowest BCUT2D eigenvalue weighted by Crippen LogP contribution is -2.32. The normalized spacial score (nSPS) is 13.5. The number of nitrogens with two attached hydrogens (primary N) is 1. The molecule has 0 spiro atoms. The van der Waals surface area contributed by atoms with E-state index in [0.717, 1.165) is 18.6 Å². The molecule has 0 fully saturated rings. The molecule has 1 heterocycles. The summed E-state index contributed by atoms with van der Waals surface area (Å²) in [6.07, 6.45) is 1.85. The molecule has 0 aliphatic rings. The molecule has 0 saturated carbocycles. The molecule has 1 unspecified atom stereocenters. The molecule has 0 radical (unpaired) electrons. The van der Waals surface area contributed by atoms with E-state index in [1.807, 2.05) is 24.9 Å². The van der Waals surface area contributed by atoms with Crippen LogP contribution in [0.2, 0.25) is 0 Å². The van der Waals surface area contributed by atoms with E-state index in [1.165, 1.54) is 11.1 Å². The Hall–Kier alpha value is -1.39. The number of fused-ring (bicyclic) bond motifs is 1. The number of likely N-dealkylation sites (N-methyl/N-ethyl adjacent to an activating group) is 1. The Morgan fingerprint density at radius 2 is 2.24 bits per heavy atom. The van der Waals surface area contributed by atoms with E-state index in [9.17, 15) is 0 Å². The second-order valence-electron chi connectivity index (χ2n) is 4.85. The summed E-state index contributed by atoms with van der Waals surface area (Å²) < 4.78 is 2.03. The Morgan fingerprint density at radius 1 is 1.47 bits per heavy atom. The Morgan fingerprint density at radius 3 is 2.94 bits per heavy atom. The highest BCUT2D eigenvalue weighted by molar-refractivity contribution is 5.75. The van der Waals surface area contributed by atoms with Crippen LogP contribution in [-0.2, 0) is 13.6 Å². The minimum atomic E-state index is 0.207. The standard InChI is InChI=1S/C13H20N4/c1-10(14)7-16(2)8-11-4-5-13-12(6-11)15-9-17(13)3/h4-6,9-10H,7-8,14H2,1-3H3. The van der Waals surface area contributed by atoms with Crippen LogP contribution in [0.15, 0.2) is 24.5 Å². The van der Waals surface area contributed by atoms with Crippen molar-refractivity contribution in [2.24, 2.45) is 12.8 Å². The number of aromatic nitrogens is 2. The van der Waals surface area contributed by atoms with Gasteiger partial charge in [-0.2, -0.15) is 0 Å². The molecule has 1 aromatic carbocycles. The Balaban J connectivity index is 2.14. The van der Waals surface area contributed by atoms with E-state index >= 15 is 0 Å². The molecule has 0 aliphatic carbocycles. The fourth-order valence-corrected chi connectivity index (χ4v) is 2.15. The summed E-state index contributed by atoms with van der Waals surface area (Å²) in [4.78, 5) is 6.60. The van der Waals surface area contributed by atoms with Gasteiger partial charge >= 0.3 is 0 Å². The van der Waals surface area contributed by atoms with E-state index in [1.54, 1.807) is 0 Å². The van der Waals surface area contributed by atoms with Gasteiger partial charge in [0.2, 0.25) is 0 Å². The zero-order chi connectivity index (χ0) is 12.4. The lowest BCUT2D eigenvalue weighted by atomic mass is 10.2. The number of benzene rings is 1. The predicted molar refractivity (Wildman–Crippen MR) is 70.7 cm³/mol. The number of hydrogen-bond donors (Lipinski definition) is 1. The Bertz CT molecular complexity index is 501. The van der Waals surface area contributed by atoms with Crippen molar-refractivity contribution in [3.63, 3.8) is 0 Å². The van der Waals surface area contributed by atoms with Crippen molar-refractivity contribution in [1.82, 2.24) is 14.5 Å². The van der Waals surface area contributed by atoms with Gasteiger partial charge in [0, 0.05) is 26.2 Å². The number of imidazole rings is 1. The lowest BCUT2D eigenvalue weighted by Gasteiger charge is -2.18. The monoisotopic (exact) mass is 232 g/mol. The summed E-state index contributed by atoms with van der Waals surface area (Å²) in [5.41, 5.74) is 9.29. The van der Waals surface area contributed by atoms with E-state index < -0.39 is 0 Å². The van der Waals surface area contributed by atoms with Crippen molar-refractivity contribution in [2.75, 3.05) is 13.6 Å². The molecule has 0 bridgehead atoms. The van der Waals surface area contributed by atoms with Gasteiger partial charge in [0.15, 0.2) is 0 Å². The minimum Gasteiger partial charge on any atom is -0.334 e. The van der Waals surface area contributed by atoms with Gasteiger partial charge in [-0.25, -0.2) is 4.98 Å². The topological polar surface area (TPSA) is 47.1 Å². The Labute approximate surface area is 102 Å². The molecule has 17 heavy (non-hydrogen) atoms. The second kappa shape index (κ2) is 4.85. The fraction of sp³-hybridized carbons (Fsp3) is 0.462. The van der Waals surface area contributed by atoms with Crippen LogP contribution >= 0.6 is 0 Å². The van der Waals surface area contributed by atoms with E-state index in [-0.39, 0.29) is 6.04 Å². The zero-order valence-electron chi connectivity index (χ0n) is 10.7. The van der Waals surface area contributed by atoms with Gasteiger partial charge in [0.05, 0.1) is 17.4 Å². The van der Waals surface area contributed by atoms with Crippen LogP contribution in [0, 0.1) is 0 Å². The van der Waals surface area contributed by atoms with Crippen LogP contribution in [0.25, 0.3) is 11.0 Å². The number of nitrogens with zero attached hydrogens (tertiary/aromatic N) is 3. The maximum atomic E-state index is 5.78. The van der Waals surface area contributed by atoms with Gasteiger partial charge in [-0.1, -0.05) is 6.07 Å². The molecule has 1 aromatic heterocycles. The van der Waals surface area contributed by atoms with Gasteiger partial charge in [-0.15, -0.1) is 0 Å². The molecule has 0 aliphatic heterocycles. The van der Waals surface area contributed by atoms with Crippen LogP contribution in [0.4, 0.5) is 0 Å². The first-order valence-corrected chi connectivity index (χ1v) is 5.90.